The first-order valence-electron chi connectivity index (χ1n) is 9.77. The molecule has 0 atom stereocenters. The summed E-state index contributed by atoms with van der Waals surface area (Å²) in [7, 11) is 1.51. The number of nitrogens with zero attached hydrogens (tertiary/aromatic N) is 3. The lowest BCUT2D eigenvalue weighted by atomic mass is 10.1. The van der Waals surface area contributed by atoms with Gasteiger partial charge in [0.2, 0.25) is 0 Å². The van der Waals surface area contributed by atoms with Crippen LogP contribution in [0.3, 0.4) is 0 Å². The molecule has 0 spiro atoms. The molecule has 0 fully saturated rings. The van der Waals surface area contributed by atoms with Crippen molar-refractivity contribution in [2.24, 2.45) is 0 Å². The molecule has 1 amide bonds. The number of hydrogen-bond acceptors (Lipinski definition) is 6. The van der Waals surface area contributed by atoms with E-state index in [1.165, 1.54) is 13.3 Å². The number of hydrogen-bond donors (Lipinski definition) is 1. The molecule has 2 heterocycles. The number of nitrogens with one attached hydrogen (secondary N) is 1. The highest BCUT2D eigenvalue weighted by Gasteiger charge is 2.17. The maximum Gasteiger partial charge on any atom is 0.343 e. The van der Waals surface area contributed by atoms with Gasteiger partial charge in [0.25, 0.3) is 5.91 Å². The number of anilines is 1. The van der Waals surface area contributed by atoms with Crippen molar-refractivity contribution in [2.75, 3.05) is 19.0 Å². The molecule has 4 aromatic rings. The van der Waals surface area contributed by atoms with Gasteiger partial charge in [-0.3, -0.25) is 4.79 Å². The molecule has 0 saturated heterocycles. The maximum atomic E-state index is 12.7. The topological polar surface area (TPSA) is 94.8 Å². The molecule has 1 N–H and O–H groups in total. The molecule has 4 rings (SSSR count). The minimum atomic E-state index is -0.480. The van der Waals surface area contributed by atoms with Gasteiger partial charge in [-0.1, -0.05) is 23.7 Å². The number of methoxy groups -OCH3 is 1. The standard InChI is InChI=1S/C23H19ClN4O4/c1-3-32-23(30)17-13-26-28-19(9-10-25-21(17)28)14-5-4-6-16(11-14)27-22(29)15-7-8-20(31-2)18(24)12-15/h4-13H,3H2,1-2H3,(H,27,29). The van der Waals surface area contributed by atoms with Crippen LogP contribution in [0, 0.1) is 0 Å². The van der Waals surface area contributed by atoms with Gasteiger partial charge in [0.05, 0.1) is 30.6 Å². The summed E-state index contributed by atoms with van der Waals surface area (Å²) in [5.41, 5.74) is 3.15. The van der Waals surface area contributed by atoms with E-state index >= 15 is 0 Å². The summed E-state index contributed by atoms with van der Waals surface area (Å²) in [5, 5.41) is 7.52. The van der Waals surface area contributed by atoms with Crippen LogP contribution in [0.4, 0.5) is 5.69 Å². The molecule has 162 valence electrons. The molecule has 0 aliphatic rings. The molecule has 0 saturated carbocycles. The largest absolute Gasteiger partial charge is 0.495 e. The van der Waals surface area contributed by atoms with Gasteiger partial charge in [-0.15, -0.1) is 0 Å². The Morgan fingerprint density at radius 2 is 2.00 bits per heavy atom. The van der Waals surface area contributed by atoms with Crippen LogP contribution in [0.25, 0.3) is 16.9 Å². The first kappa shape index (κ1) is 21.3. The van der Waals surface area contributed by atoms with Crippen molar-refractivity contribution < 1.29 is 19.1 Å². The van der Waals surface area contributed by atoms with Gasteiger partial charge >= 0.3 is 5.97 Å². The molecule has 0 aliphatic carbocycles. The predicted molar refractivity (Wildman–Crippen MR) is 120 cm³/mol. The van der Waals surface area contributed by atoms with E-state index in [-0.39, 0.29) is 18.1 Å². The highest BCUT2D eigenvalue weighted by Crippen LogP contribution is 2.27. The number of carbonyl (C=O) groups excluding carboxylic acids is 2. The van der Waals surface area contributed by atoms with Gasteiger partial charge in [0, 0.05) is 23.0 Å². The van der Waals surface area contributed by atoms with Crippen LogP contribution in [0.2, 0.25) is 5.02 Å². The molecule has 2 aromatic heterocycles. The quantitative estimate of drug-likeness (QED) is 0.435. The molecule has 0 radical (unpaired) electrons. The third-order valence-corrected chi connectivity index (χ3v) is 5.02. The van der Waals surface area contributed by atoms with Crippen molar-refractivity contribution in [2.45, 2.75) is 6.92 Å². The van der Waals surface area contributed by atoms with E-state index in [9.17, 15) is 9.59 Å². The van der Waals surface area contributed by atoms with E-state index < -0.39 is 5.97 Å². The van der Waals surface area contributed by atoms with Crippen LogP contribution in [0.15, 0.2) is 60.9 Å². The second-order valence-corrected chi connectivity index (χ2v) is 7.14. The second kappa shape index (κ2) is 9.07. The average molecular weight is 451 g/mol. The Hall–Kier alpha value is -3.91. The fourth-order valence-electron chi connectivity index (χ4n) is 3.23. The van der Waals surface area contributed by atoms with E-state index in [0.717, 1.165) is 5.56 Å². The van der Waals surface area contributed by atoms with Crippen molar-refractivity contribution in [3.8, 4) is 17.0 Å². The summed E-state index contributed by atoms with van der Waals surface area (Å²) in [6, 6.07) is 13.9. The zero-order chi connectivity index (χ0) is 22.7. The number of ether oxygens (including phenoxy) is 2. The first-order valence-corrected chi connectivity index (χ1v) is 10.1. The molecule has 0 aliphatic heterocycles. The van der Waals surface area contributed by atoms with Crippen LogP contribution < -0.4 is 10.1 Å². The molecular weight excluding hydrogens is 432 g/mol. The Morgan fingerprint density at radius 3 is 2.75 bits per heavy atom. The van der Waals surface area contributed by atoms with Gasteiger partial charge in [0.15, 0.2) is 5.65 Å². The number of benzene rings is 2. The molecule has 2 aromatic carbocycles. The predicted octanol–water partition coefficient (Wildman–Crippen LogP) is 4.49. The smallest absolute Gasteiger partial charge is 0.343 e. The third-order valence-electron chi connectivity index (χ3n) is 4.73. The van der Waals surface area contributed by atoms with E-state index in [0.29, 0.717) is 33.4 Å². The molecule has 0 bridgehead atoms. The summed E-state index contributed by atoms with van der Waals surface area (Å²) >= 11 is 6.13. The van der Waals surface area contributed by atoms with Gasteiger partial charge in [0.1, 0.15) is 11.3 Å². The van der Waals surface area contributed by atoms with Crippen molar-refractivity contribution in [3.63, 3.8) is 0 Å². The van der Waals surface area contributed by atoms with Crippen LogP contribution in [0.5, 0.6) is 5.75 Å². The van der Waals surface area contributed by atoms with Gasteiger partial charge in [-0.05, 0) is 43.3 Å². The molecule has 8 nitrogen and oxygen atoms in total. The van der Waals surface area contributed by atoms with E-state index in [1.807, 2.05) is 18.2 Å². The summed E-state index contributed by atoms with van der Waals surface area (Å²) in [4.78, 5) is 29.1. The van der Waals surface area contributed by atoms with Crippen molar-refractivity contribution in [1.29, 1.82) is 0 Å². The normalized spacial score (nSPS) is 10.7. The van der Waals surface area contributed by atoms with E-state index in [1.54, 1.807) is 48.0 Å². The fourth-order valence-corrected chi connectivity index (χ4v) is 3.49. The monoisotopic (exact) mass is 450 g/mol. The lowest BCUT2D eigenvalue weighted by molar-refractivity contribution is 0.0528. The van der Waals surface area contributed by atoms with Gasteiger partial charge < -0.3 is 14.8 Å². The SMILES string of the molecule is CCOC(=O)c1cnn2c(-c3cccc(NC(=O)c4ccc(OC)c(Cl)c4)c3)ccnc12. The number of aromatic nitrogens is 3. The highest BCUT2D eigenvalue weighted by atomic mass is 35.5. The molecule has 0 unspecified atom stereocenters. The minimum Gasteiger partial charge on any atom is -0.495 e. The first-order chi connectivity index (χ1) is 15.5. The summed E-state index contributed by atoms with van der Waals surface area (Å²) in [5.74, 6) is -0.296. The number of rotatable bonds is 6. The lowest BCUT2D eigenvalue weighted by Crippen LogP contribution is -2.12. The minimum absolute atomic E-state index is 0.261. The molecular formula is C23H19ClN4O4. The number of fused-ring (bicyclic) bond motifs is 1. The second-order valence-electron chi connectivity index (χ2n) is 6.73. The van der Waals surface area contributed by atoms with Gasteiger partial charge in [-0.2, -0.15) is 5.10 Å². The number of halogens is 1. The number of esters is 1. The Labute approximate surface area is 188 Å². The van der Waals surface area contributed by atoms with E-state index in [4.69, 9.17) is 21.1 Å². The average Bonchev–Trinajstić information content (AvgIpc) is 3.24. The fraction of sp³-hybridized carbons (Fsp3) is 0.130. The van der Waals surface area contributed by atoms with Crippen LogP contribution in [-0.2, 0) is 4.74 Å². The number of carbonyl (C=O) groups is 2. The summed E-state index contributed by atoms with van der Waals surface area (Å²) in [6.07, 6.45) is 3.03. The molecule has 32 heavy (non-hydrogen) atoms. The lowest BCUT2D eigenvalue weighted by Gasteiger charge is -2.10. The summed E-state index contributed by atoms with van der Waals surface area (Å²) in [6.45, 7) is 2.00. The zero-order valence-electron chi connectivity index (χ0n) is 17.3. The Morgan fingerprint density at radius 1 is 1.16 bits per heavy atom. The maximum absolute atomic E-state index is 12.7. The molecule has 9 heteroatoms. The van der Waals surface area contributed by atoms with Crippen LogP contribution >= 0.6 is 11.6 Å². The Bertz CT molecular complexity index is 1320. The Balaban J connectivity index is 1.63. The highest BCUT2D eigenvalue weighted by molar-refractivity contribution is 6.32. The van der Waals surface area contributed by atoms with Gasteiger partial charge in [-0.25, -0.2) is 14.3 Å². The van der Waals surface area contributed by atoms with Crippen LogP contribution in [0.1, 0.15) is 27.6 Å². The van der Waals surface area contributed by atoms with Crippen LogP contribution in [-0.4, -0.2) is 40.2 Å². The summed E-state index contributed by atoms with van der Waals surface area (Å²) < 4.78 is 11.8. The zero-order valence-corrected chi connectivity index (χ0v) is 18.1. The number of amides is 1. The van der Waals surface area contributed by atoms with E-state index in [2.05, 4.69) is 15.4 Å². The van der Waals surface area contributed by atoms with Crippen molar-refractivity contribution >= 4 is 34.8 Å². The van der Waals surface area contributed by atoms with Crippen molar-refractivity contribution in [1.82, 2.24) is 14.6 Å². The Kier molecular flexibility index (Phi) is 6.04. The third kappa shape index (κ3) is 4.13. The van der Waals surface area contributed by atoms with Crippen molar-refractivity contribution in [3.05, 3.63) is 77.1 Å².